The summed E-state index contributed by atoms with van der Waals surface area (Å²) in [6.07, 6.45) is 2.35. The summed E-state index contributed by atoms with van der Waals surface area (Å²) in [5.41, 5.74) is -0.0899. The van der Waals surface area contributed by atoms with Crippen molar-refractivity contribution in [1.29, 1.82) is 0 Å². The molecule has 0 radical (unpaired) electrons. The maximum atomic E-state index is 14.2. The van der Waals surface area contributed by atoms with E-state index < -0.39 is 32.5 Å². The first-order valence-electron chi connectivity index (χ1n) is 9.24. The van der Waals surface area contributed by atoms with Crippen molar-refractivity contribution in [2.24, 2.45) is 0 Å². The van der Waals surface area contributed by atoms with Gasteiger partial charge in [0.2, 0.25) is 10.0 Å². The maximum absolute atomic E-state index is 14.2. The van der Waals surface area contributed by atoms with Crippen LogP contribution in [0, 0.1) is 11.6 Å². The molecule has 1 aliphatic heterocycles. The predicted molar refractivity (Wildman–Crippen MR) is 101 cm³/mol. The van der Waals surface area contributed by atoms with Gasteiger partial charge in [0.25, 0.3) is 0 Å². The van der Waals surface area contributed by atoms with E-state index in [4.69, 9.17) is 9.47 Å². The molecule has 3 rings (SSSR count). The Morgan fingerprint density at radius 1 is 0.966 bits per heavy atom. The van der Waals surface area contributed by atoms with E-state index in [1.807, 2.05) is 0 Å². The summed E-state index contributed by atoms with van der Waals surface area (Å²) in [6, 6.07) is 8.88. The Kier molecular flexibility index (Phi) is 6.81. The Morgan fingerprint density at radius 2 is 1.69 bits per heavy atom. The quantitative estimate of drug-likeness (QED) is 0.502. The average Bonchev–Trinajstić information content (AvgIpc) is 2.73. The smallest absolute Gasteiger partial charge is 0.338 e. The molecular formula is C20H21F2NO5S. The van der Waals surface area contributed by atoms with E-state index in [1.54, 1.807) is 6.07 Å². The summed E-state index contributed by atoms with van der Waals surface area (Å²) in [4.78, 5) is 11.7. The largest absolute Gasteiger partial charge is 0.487 e. The van der Waals surface area contributed by atoms with E-state index in [1.165, 1.54) is 22.5 Å². The van der Waals surface area contributed by atoms with Gasteiger partial charge in [0.1, 0.15) is 23.9 Å². The SMILES string of the molecule is O=C(OCCOc1ccccc1F)c1ccc(F)c(S(=O)(=O)N2CCCCC2)c1. The third-order valence-corrected chi connectivity index (χ3v) is 6.42. The van der Waals surface area contributed by atoms with Crippen molar-refractivity contribution in [3.8, 4) is 5.75 Å². The third-order valence-electron chi connectivity index (χ3n) is 4.51. The number of carbonyl (C=O) groups excluding carboxylic acids is 1. The van der Waals surface area contributed by atoms with E-state index in [0.29, 0.717) is 25.9 Å². The predicted octanol–water partition coefficient (Wildman–Crippen LogP) is 3.38. The lowest BCUT2D eigenvalue weighted by molar-refractivity contribution is 0.0448. The van der Waals surface area contributed by atoms with Crippen molar-refractivity contribution >= 4 is 16.0 Å². The molecule has 1 heterocycles. The third kappa shape index (κ3) is 5.10. The number of ether oxygens (including phenoxy) is 2. The summed E-state index contributed by atoms with van der Waals surface area (Å²) in [5, 5.41) is 0. The standard InChI is InChI=1S/C20H21F2NO5S/c21-16-6-2-3-7-18(16)27-12-13-28-20(24)15-8-9-17(22)19(14-15)29(25,26)23-10-4-1-5-11-23/h2-3,6-9,14H,1,4-5,10-13H2. The number of nitrogens with zero attached hydrogens (tertiary/aromatic N) is 1. The molecule has 1 saturated heterocycles. The number of hydrogen-bond acceptors (Lipinski definition) is 5. The number of carbonyl (C=O) groups is 1. The molecule has 1 fully saturated rings. The highest BCUT2D eigenvalue weighted by Crippen LogP contribution is 2.24. The van der Waals surface area contributed by atoms with Crippen LogP contribution in [-0.2, 0) is 14.8 Å². The van der Waals surface area contributed by atoms with E-state index in [9.17, 15) is 22.0 Å². The zero-order valence-electron chi connectivity index (χ0n) is 15.6. The number of rotatable bonds is 7. The van der Waals surface area contributed by atoms with Crippen molar-refractivity contribution in [3.05, 3.63) is 59.7 Å². The minimum absolute atomic E-state index is 0.0280. The van der Waals surface area contributed by atoms with Crippen LogP contribution in [0.3, 0.4) is 0 Å². The molecule has 0 saturated carbocycles. The number of esters is 1. The van der Waals surface area contributed by atoms with Gasteiger partial charge in [-0.3, -0.25) is 0 Å². The van der Waals surface area contributed by atoms with Crippen molar-refractivity contribution in [2.45, 2.75) is 24.2 Å². The highest BCUT2D eigenvalue weighted by atomic mass is 32.2. The van der Waals surface area contributed by atoms with E-state index in [0.717, 1.165) is 24.6 Å². The fourth-order valence-electron chi connectivity index (χ4n) is 3.00. The van der Waals surface area contributed by atoms with Crippen molar-refractivity contribution < 1.29 is 31.5 Å². The molecule has 29 heavy (non-hydrogen) atoms. The maximum Gasteiger partial charge on any atom is 0.338 e. The Labute approximate surface area is 168 Å². The van der Waals surface area contributed by atoms with Crippen LogP contribution >= 0.6 is 0 Å². The summed E-state index contributed by atoms with van der Waals surface area (Å²) in [7, 11) is -4.03. The minimum Gasteiger partial charge on any atom is -0.487 e. The first-order valence-corrected chi connectivity index (χ1v) is 10.7. The number of benzene rings is 2. The topological polar surface area (TPSA) is 72.9 Å². The van der Waals surface area contributed by atoms with E-state index in [-0.39, 0.29) is 24.5 Å². The monoisotopic (exact) mass is 425 g/mol. The summed E-state index contributed by atoms with van der Waals surface area (Å²) >= 11 is 0. The van der Waals surface area contributed by atoms with Crippen LogP contribution < -0.4 is 4.74 Å². The van der Waals surface area contributed by atoms with Crippen molar-refractivity contribution in [3.63, 3.8) is 0 Å². The highest BCUT2D eigenvalue weighted by molar-refractivity contribution is 7.89. The summed E-state index contributed by atoms with van der Waals surface area (Å²) in [6.45, 7) is 0.374. The molecule has 0 spiro atoms. The Balaban J connectivity index is 1.64. The van der Waals surface area contributed by atoms with E-state index >= 15 is 0 Å². The highest BCUT2D eigenvalue weighted by Gasteiger charge is 2.29. The minimum atomic E-state index is -4.03. The number of halogens is 2. The molecule has 6 nitrogen and oxygen atoms in total. The van der Waals surface area contributed by atoms with Gasteiger partial charge < -0.3 is 9.47 Å². The summed E-state index contributed by atoms with van der Waals surface area (Å²) in [5.74, 6) is -2.25. The molecule has 0 aromatic heterocycles. The van der Waals surface area contributed by atoms with Gasteiger partial charge >= 0.3 is 5.97 Å². The lowest BCUT2D eigenvalue weighted by Crippen LogP contribution is -2.36. The summed E-state index contributed by atoms with van der Waals surface area (Å²) < 4.78 is 64.5. The van der Waals surface area contributed by atoms with Crippen LogP contribution in [0.5, 0.6) is 5.75 Å². The van der Waals surface area contributed by atoms with Gasteiger partial charge in [-0.15, -0.1) is 0 Å². The Morgan fingerprint density at radius 3 is 2.41 bits per heavy atom. The van der Waals surface area contributed by atoms with Crippen LogP contribution in [0.25, 0.3) is 0 Å². The van der Waals surface area contributed by atoms with E-state index in [2.05, 4.69) is 0 Å². The van der Waals surface area contributed by atoms with Gasteiger partial charge in [0.05, 0.1) is 5.56 Å². The molecule has 0 bridgehead atoms. The van der Waals surface area contributed by atoms with Crippen molar-refractivity contribution in [2.75, 3.05) is 26.3 Å². The van der Waals surface area contributed by atoms with Gasteiger partial charge in [0.15, 0.2) is 11.6 Å². The fourth-order valence-corrected chi connectivity index (χ4v) is 4.61. The molecule has 1 aliphatic rings. The molecule has 0 N–H and O–H groups in total. The fraction of sp³-hybridized carbons (Fsp3) is 0.350. The zero-order valence-corrected chi connectivity index (χ0v) is 16.5. The Hall–Kier alpha value is -2.52. The molecule has 0 unspecified atom stereocenters. The number of para-hydroxylation sites is 1. The Bertz CT molecular complexity index is 975. The van der Waals surface area contributed by atoms with Crippen LogP contribution in [0.4, 0.5) is 8.78 Å². The second kappa shape index (κ2) is 9.32. The molecular weight excluding hydrogens is 404 g/mol. The molecule has 0 aliphatic carbocycles. The van der Waals surface area contributed by atoms with Crippen LogP contribution in [-0.4, -0.2) is 45.0 Å². The molecule has 156 valence electrons. The average molecular weight is 425 g/mol. The second-order valence-corrected chi connectivity index (χ2v) is 8.43. The normalized spacial score (nSPS) is 15.1. The lowest BCUT2D eigenvalue weighted by atomic mass is 10.2. The first-order chi connectivity index (χ1) is 13.9. The lowest BCUT2D eigenvalue weighted by Gasteiger charge is -2.26. The number of hydrogen-bond donors (Lipinski definition) is 0. The van der Waals surface area contributed by atoms with Gasteiger partial charge in [-0.25, -0.2) is 22.0 Å². The number of piperidine rings is 1. The van der Waals surface area contributed by atoms with Crippen LogP contribution in [0.15, 0.2) is 47.4 Å². The van der Waals surface area contributed by atoms with Gasteiger partial charge in [-0.2, -0.15) is 4.31 Å². The molecule has 9 heteroatoms. The molecule has 0 amide bonds. The van der Waals surface area contributed by atoms with Gasteiger partial charge in [0, 0.05) is 13.1 Å². The molecule has 2 aromatic carbocycles. The van der Waals surface area contributed by atoms with Crippen LogP contribution in [0.1, 0.15) is 29.6 Å². The first kappa shape index (κ1) is 21.2. The second-order valence-electron chi connectivity index (χ2n) is 6.52. The van der Waals surface area contributed by atoms with Gasteiger partial charge in [-0.1, -0.05) is 18.6 Å². The molecule has 0 atom stereocenters. The number of sulfonamides is 1. The van der Waals surface area contributed by atoms with Crippen molar-refractivity contribution in [1.82, 2.24) is 4.31 Å². The van der Waals surface area contributed by atoms with Gasteiger partial charge in [-0.05, 0) is 43.2 Å². The molecule has 2 aromatic rings. The zero-order chi connectivity index (χ0) is 20.9. The van der Waals surface area contributed by atoms with Crippen LogP contribution in [0.2, 0.25) is 0 Å².